The van der Waals surface area contributed by atoms with Gasteiger partial charge in [0.2, 0.25) is 5.91 Å². The van der Waals surface area contributed by atoms with Crippen molar-refractivity contribution in [2.24, 2.45) is 0 Å². The minimum atomic E-state index is -0.368. The molecule has 17 heavy (non-hydrogen) atoms. The Bertz CT molecular complexity index is 551. The van der Waals surface area contributed by atoms with Gasteiger partial charge in [0.25, 0.3) is 5.91 Å². The van der Waals surface area contributed by atoms with E-state index in [1.165, 1.54) is 6.07 Å². The van der Waals surface area contributed by atoms with Crippen LogP contribution in [0.2, 0.25) is 0 Å². The van der Waals surface area contributed by atoms with Gasteiger partial charge in [-0.05, 0) is 46.1 Å². The van der Waals surface area contributed by atoms with E-state index in [2.05, 4.69) is 21.2 Å². The lowest BCUT2D eigenvalue weighted by Crippen LogP contribution is -2.19. The molecule has 88 valence electrons. The van der Waals surface area contributed by atoms with Crippen molar-refractivity contribution >= 4 is 33.3 Å². The highest BCUT2D eigenvalue weighted by Crippen LogP contribution is 2.26. The third-order valence-electron chi connectivity index (χ3n) is 2.67. The minimum absolute atomic E-state index is 0.0830. The average molecular weight is 298 g/mol. The molecule has 1 saturated heterocycles. The van der Waals surface area contributed by atoms with E-state index in [9.17, 15) is 14.0 Å². The molecule has 1 aromatic carbocycles. The second-order valence-electron chi connectivity index (χ2n) is 3.79. The molecule has 2 rings (SSSR count). The van der Waals surface area contributed by atoms with E-state index in [0.29, 0.717) is 15.6 Å². The van der Waals surface area contributed by atoms with E-state index >= 15 is 0 Å². The van der Waals surface area contributed by atoms with Gasteiger partial charge in [-0.1, -0.05) is 6.07 Å². The molecule has 1 fully saturated rings. The molecule has 3 nitrogen and oxygen atoms in total. The highest BCUT2D eigenvalue weighted by molar-refractivity contribution is 9.10. The predicted molar refractivity (Wildman–Crippen MR) is 64.5 cm³/mol. The van der Waals surface area contributed by atoms with Crippen molar-refractivity contribution in [3.05, 3.63) is 39.6 Å². The van der Waals surface area contributed by atoms with Crippen molar-refractivity contribution in [2.45, 2.75) is 13.3 Å². The van der Waals surface area contributed by atoms with Crippen molar-refractivity contribution < 1.29 is 14.0 Å². The SMILES string of the molecule is CC(=C1CC(=O)NC1=O)c1ccc(F)c(Br)c1. The number of carbonyl (C=O) groups excluding carboxylic acids is 2. The molecule has 0 bridgehead atoms. The van der Waals surface area contributed by atoms with E-state index in [1.54, 1.807) is 19.1 Å². The quantitative estimate of drug-likeness (QED) is 0.639. The summed E-state index contributed by atoms with van der Waals surface area (Å²) in [7, 11) is 0. The van der Waals surface area contributed by atoms with Crippen LogP contribution >= 0.6 is 15.9 Å². The number of halogens is 2. The third kappa shape index (κ3) is 2.29. The Morgan fingerprint density at radius 1 is 1.41 bits per heavy atom. The van der Waals surface area contributed by atoms with Gasteiger partial charge in [-0.3, -0.25) is 14.9 Å². The summed E-state index contributed by atoms with van der Waals surface area (Å²) in [5.74, 6) is -1.03. The Hall–Kier alpha value is -1.49. The smallest absolute Gasteiger partial charge is 0.254 e. The molecule has 0 atom stereocenters. The molecule has 1 aliphatic heterocycles. The summed E-state index contributed by atoms with van der Waals surface area (Å²) in [5, 5.41) is 2.22. The lowest BCUT2D eigenvalue weighted by Gasteiger charge is -2.05. The molecule has 1 aliphatic rings. The van der Waals surface area contributed by atoms with Crippen LogP contribution in [0.3, 0.4) is 0 Å². The summed E-state index contributed by atoms with van der Waals surface area (Å²) >= 11 is 3.08. The molecular weight excluding hydrogens is 289 g/mol. The standard InChI is InChI=1S/C12H9BrFNO2/c1-6(8-5-11(16)15-12(8)17)7-2-3-10(14)9(13)4-7/h2-4H,5H2,1H3,(H,15,16,17). The number of hydrogen-bond acceptors (Lipinski definition) is 2. The van der Waals surface area contributed by atoms with Crippen LogP contribution in [0.5, 0.6) is 0 Å². The maximum Gasteiger partial charge on any atom is 0.254 e. The van der Waals surface area contributed by atoms with Gasteiger partial charge in [-0.15, -0.1) is 0 Å². The van der Waals surface area contributed by atoms with Gasteiger partial charge < -0.3 is 0 Å². The lowest BCUT2D eigenvalue weighted by molar-refractivity contribution is -0.124. The molecule has 1 N–H and O–H groups in total. The largest absolute Gasteiger partial charge is 0.292 e. The second-order valence-corrected chi connectivity index (χ2v) is 4.64. The first-order chi connectivity index (χ1) is 7.99. The molecule has 0 aliphatic carbocycles. The number of rotatable bonds is 1. The van der Waals surface area contributed by atoms with Crippen LogP contribution in [0.15, 0.2) is 28.2 Å². The highest BCUT2D eigenvalue weighted by atomic mass is 79.9. The molecule has 0 radical (unpaired) electrons. The zero-order chi connectivity index (χ0) is 12.6. The average Bonchev–Trinajstić information content (AvgIpc) is 2.61. The molecule has 2 amide bonds. The number of amides is 2. The monoisotopic (exact) mass is 297 g/mol. The summed E-state index contributed by atoms with van der Waals surface area (Å²) in [4.78, 5) is 22.6. The molecular formula is C12H9BrFNO2. The number of imide groups is 1. The van der Waals surface area contributed by atoms with Crippen molar-refractivity contribution in [1.29, 1.82) is 0 Å². The molecule has 0 aromatic heterocycles. The summed E-state index contributed by atoms with van der Waals surface area (Å²) in [6.45, 7) is 1.74. The summed E-state index contributed by atoms with van der Waals surface area (Å²) in [6.07, 6.45) is 0.0830. The topological polar surface area (TPSA) is 46.2 Å². The number of benzene rings is 1. The molecule has 0 unspecified atom stereocenters. The van der Waals surface area contributed by atoms with Gasteiger partial charge in [0.1, 0.15) is 5.82 Å². The molecule has 0 spiro atoms. The van der Waals surface area contributed by atoms with Gasteiger partial charge in [0.05, 0.1) is 10.9 Å². The van der Waals surface area contributed by atoms with Gasteiger partial charge in [-0.25, -0.2) is 4.39 Å². The minimum Gasteiger partial charge on any atom is -0.292 e. The predicted octanol–water partition coefficient (Wildman–Crippen LogP) is 2.41. The number of allylic oxidation sites excluding steroid dienone is 1. The van der Waals surface area contributed by atoms with Crippen molar-refractivity contribution in [1.82, 2.24) is 5.32 Å². The zero-order valence-electron chi connectivity index (χ0n) is 9.01. The van der Waals surface area contributed by atoms with E-state index in [4.69, 9.17) is 0 Å². The first kappa shape index (κ1) is 12.0. The van der Waals surface area contributed by atoms with E-state index in [-0.39, 0.29) is 24.1 Å². The van der Waals surface area contributed by atoms with Crippen LogP contribution in [0.25, 0.3) is 5.57 Å². The fourth-order valence-corrected chi connectivity index (χ4v) is 2.07. The zero-order valence-corrected chi connectivity index (χ0v) is 10.6. The molecule has 1 aromatic rings. The van der Waals surface area contributed by atoms with Crippen molar-refractivity contribution in [3.63, 3.8) is 0 Å². The van der Waals surface area contributed by atoms with Crippen LogP contribution < -0.4 is 5.32 Å². The summed E-state index contributed by atoms with van der Waals surface area (Å²) < 4.78 is 13.4. The molecule has 1 heterocycles. The first-order valence-corrected chi connectivity index (χ1v) is 5.77. The van der Waals surface area contributed by atoms with Crippen LogP contribution in [0, 0.1) is 5.82 Å². The van der Waals surface area contributed by atoms with Gasteiger partial charge >= 0.3 is 0 Å². The summed E-state index contributed by atoms with van der Waals surface area (Å²) in [6, 6.07) is 4.49. The Morgan fingerprint density at radius 3 is 2.65 bits per heavy atom. The van der Waals surface area contributed by atoms with Gasteiger partial charge in [0.15, 0.2) is 0 Å². The molecule has 5 heteroatoms. The highest BCUT2D eigenvalue weighted by Gasteiger charge is 2.26. The third-order valence-corrected chi connectivity index (χ3v) is 3.28. The normalized spacial score (nSPS) is 18.3. The van der Waals surface area contributed by atoms with Gasteiger partial charge in [0, 0.05) is 5.57 Å². The van der Waals surface area contributed by atoms with Crippen LogP contribution in [0.1, 0.15) is 18.9 Å². The van der Waals surface area contributed by atoms with E-state index in [0.717, 1.165) is 5.56 Å². The lowest BCUT2D eigenvalue weighted by atomic mass is 10.0. The Balaban J connectivity index is 2.46. The van der Waals surface area contributed by atoms with Crippen molar-refractivity contribution in [2.75, 3.05) is 0 Å². The Morgan fingerprint density at radius 2 is 2.12 bits per heavy atom. The Kier molecular flexibility index (Phi) is 3.11. The van der Waals surface area contributed by atoms with E-state index in [1.807, 2.05) is 0 Å². The number of hydrogen-bond donors (Lipinski definition) is 1. The van der Waals surface area contributed by atoms with Gasteiger partial charge in [-0.2, -0.15) is 0 Å². The number of carbonyl (C=O) groups is 2. The van der Waals surface area contributed by atoms with Crippen LogP contribution in [0.4, 0.5) is 4.39 Å². The summed E-state index contributed by atoms with van der Waals surface area (Å²) in [5.41, 5.74) is 1.85. The van der Waals surface area contributed by atoms with E-state index < -0.39 is 0 Å². The maximum atomic E-state index is 13.1. The second kappa shape index (κ2) is 4.41. The van der Waals surface area contributed by atoms with Crippen molar-refractivity contribution in [3.8, 4) is 0 Å². The first-order valence-electron chi connectivity index (χ1n) is 4.98. The Labute approximate surface area is 106 Å². The fraction of sp³-hybridized carbons (Fsp3) is 0.167. The number of nitrogens with one attached hydrogen (secondary N) is 1. The fourth-order valence-electron chi connectivity index (χ4n) is 1.69. The maximum absolute atomic E-state index is 13.1. The molecule has 0 saturated carbocycles. The van der Waals surface area contributed by atoms with Crippen LogP contribution in [-0.4, -0.2) is 11.8 Å². The van der Waals surface area contributed by atoms with Crippen LogP contribution in [-0.2, 0) is 9.59 Å².